The van der Waals surface area contributed by atoms with E-state index in [9.17, 15) is 4.79 Å². The molecule has 1 N–H and O–H groups in total. The summed E-state index contributed by atoms with van der Waals surface area (Å²) in [5.74, 6) is 0.695. The van der Waals surface area contributed by atoms with Crippen molar-refractivity contribution < 1.29 is 4.79 Å². The van der Waals surface area contributed by atoms with Crippen LogP contribution in [0.3, 0.4) is 0 Å². The largest absolute Gasteiger partial charge is 0.326 e. The molecule has 0 aliphatic carbocycles. The number of aromatic nitrogens is 3. The standard InChI is InChI=1S/C11H12N4OS2/c1-8-14-15-11(18-8)17-7-4-10(16)13-9-2-5-12-6-3-9/h2-3,5-6H,4,7H2,1H3,(H,12,13,16). The highest BCUT2D eigenvalue weighted by molar-refractivity contribution is 8.01. The van der Waals surface area contributed by atoms with Gasteiger partial charge < -0.3 is 5.32 Å². The van der Waals surface area contributed by atoms with E-state index in [0.717, 1.165) is 15.0 Å². The molecule has 0 aliphatic rings. The second-order valence-electron chi connectivity index (χ2n) is 3.47. The summed E-state index contributed by atoms with van der Waals surface area (Å²) in [6, 6.07) is 3.53. The number of nitrogens with zero attached hydrogens (tertiary/aromatic N) is 3. The van der Waals surface area contributed by atoms with Crippen LogP contribution in [0.25, 0.3) is 0 Å². The van der Waals surface area contributed by atoms with Gasteiger partial charge in [-0.25, -0.2) is 0 Å². The zero-order valence-electron chi connectivity index (χ0n) is 9.79. The molecule has 7 heteroatoms. The van der Waals surface area contributed by atoms with E-state index in [4.69, 9.17) is 0 Å². The van der Waals surface area contributed by atoms with Crippen molar-refractivity contribution in [3.05, 3.63) is 29.5 Å². The molecule has 0 saturated heterocycles. The fourth-order valence-corrected chi connectivity index (χ4v) is 3.05. The Bertz CT molecular complexity index is 515. The summed E-state index contributed by atoms with van der Waals surface area (Å²) in [5, 5.41) is 11.7. The maximum absolute atomic E-state index is 11.6. The molecule has 94 valence electrons. The van der Waals surface area contributed by atoms with Gasteiger partial charge in [-0.1, -0.05) is 23.1 Å². The minimum atomic E-state index is -0.00469. The van der Waals surface area contributed by atoms with Crippen LogP contribution >= 0.6 is 23.1 Å². The van der Waals surface area contributed by atoms with Crippen LogP contribution in [0.4, 0.5) is 5.69 Å². The van der Waals surface area contributed by atoms with Crippen molar-refractivity contribution in [1.29, 1.82) is 0 Å². The van der Waals surface area contributed by atoms with Gasteiger partial charge in [0.15, 0.2) is 4.34 Å². The molecule has 0 aromatic carbocycles. The molecule has 0 saturated carbocycles. The van der Waals surface area contributed by atoms with Crippen LogP contribution in [0.5, 0.6) is 0 Å². The molecular weight excluding hydrogens is 268 g/mol. The number of carbonyl (C=O) groups excluding carboxylic acids is 1. The fraction of sp³-hybridized carbons (Fsp3) is 0.273. The maximum Gasteiger partial charge on any atom is 0.225 e. The predicted molar refractivity (Wildman–Crippen MR) is 72.9 cm³/mol. The van der Waals surface area contributed by atoms with Gasteiger partial charge in [0, 0.05) is 30.3 Å². The number of hydrogen-bond acceptors (Lipinski definition) is 6. The normalized spacial score (nSPS) is 10.3. The lowest BCUT2D eigenvalue weighted by atomic mass is 10.4. The van der Waals surface area contributed by atoms with E-state index in [1.807, 2.05) is 6.92 Å². The van der Waals surface area contributed by atoms with Crippen molar-refractivity contribution in [3.63, 3.8) is 0 Å². The summed E-state index contributed by atoms with van der Waals surface area (Å²) in [7, 11) is 0. The van der Waals surface area contributed by atoms with Crippen LogP contribution in [-0.2, 0) is 4.79 Å². The van der Waals surface area contributed by atoms with Crippen LogP contribution < -0.4 is 5.32 Å². The summed E-state index contributed by atoms with van der Waals surface area (Å²) in [5.41, 5.74) is 0.770. The SMILES string of the molecule is Cc1nnc(SCCC(=O)Nc2ccncc2)s1. The van der Waals surface area contributed by atoms with E-state index >= 15 is 0 Å². The third-order valence-electron chi connectivity index (χ3n) is 2.03. The molecule has 0 unspecified atom stereocenters. The Morgan fingerprint density at radius 3 is 2.83 bits per heavy atom. The van der Waals surface area contributed by atoms with Gasteiger partial charge in [-0.05, 0) is 19.1 Å². The molecule has 0 bridgehead atoms. The maximum atomic E-state index is 11.6. The second-order valence-corrected chi connectivity index (χ2v) is 5.99. The Morgan fingerprint density at radius 1 is 1.39 bits per heavy atom. The van der Waals surface area contributed by atoms with E-state index in [0.29, 0.717) is 12.2 Å². The first-order valence-electron chi connectivity index (χ1n) is 5.37. The average Bonchev–Trinajstić information content (AvgIpc) is 2.76. The number of carbonyl (C=O) groups is 1. The van der Waals surface area contributed by atoms with Crippen LogP contribution in [-0.4, -0.2) is 26.8 Å². The minimum Gasteiger partial charge on any atom is -0.326 e. The van der Waals surface area contributed by atoms with Gasteiger partial charge in [-0.15, -0.1) is 10.2 Å². The molecule has 0 spiro atoms. The summed E-state index contributed by atoms with van der Waals surface area (Å²) in [4.78, 5) is 15.5. The Kier molecular flexibility index (Phi) is 4.66. The summed E-state index contributed by atoms with van der Waals surface area (Å²) < 4.78 is 0.907. The molecule has 5 nitrogen and oxygen atoms in total. The number of amides is 1. The second kappa shape index (κ2) is 6.46. The Morgan fingerprint density at radius 2 is 2.17 bits per heavy atom. The van der Waals surface area contributed by atoms with Gasteiger partial charge in [0.05, 0.1) is 0 Å². The van der Waals surface area contributed by atoms with Gasteiger partial charge in [-0.2, -0.15) is 0 Å². The summed E-state index contributed by atoms with van der Waals surface area (Å²) in [6.07, 6.45) is 3.74. The molecule has 0 radical (unpaired) electrons. The van der Waals surface area contributed by atoms with E-state index in [-0.39, 0.29) is 5.91 Å². The lowest BCUT2D eigenvalue weighted by Crippen LogP contribution is -2.12. The first-order valence-corrected chi connectivity index (χ1v) is 7.17. The van der Waals surface area contributed by atoms with Gasteiger partial charge in [0.2, 0.25) is 5.91 Å². The lowest BCUT2D eigenvalue weighted by Gasteiger charge is -2.03. The third kappa shape index (κ3) is 4.08. The number of nitrogens with one attached hydrogen (secondary N) is 1. The van der Waals surface area contributed by atoms with Crippen molar-refractivity contribution >= 4 is 34.7 Å². The summed E-state index contributed by atoms with van der Waals surface area (Å²) in [6.45, 7) is 1.91. The lowest BCUT2D eigenvalue weighted by molar-refractivity contribution is -0.115. The highest BCUT2D eigenvalue weighted by Gasteiger charge is 2.05. The molecule has 2 heterocycles. The quantitative estimate of drug-likeness (QED) is 0.852. The Hall–Kier alpha value is -1.47. The predicted octanol–water partition coefficient (Wildman–Crippen LogP) is 2.36. The zero-order chi connectivity index (χ0) is 12.8. The van der Waals surface area contributed by atoms with Crippen LogP contribution in [0.2, 0.25) is 0 Å². The molecule has 18 heavy (non-hydrogen) atoms. The first kappa shape index (κ1) is 13.0. The topological polar surface area (TPSA) is 67.8 Å². The van der Waals surface area contributed by atoms with E-state index in [1.165, 1.54) is 0 Å². The smallest absolute Gasteiger partial charge is 0.225 e. The minimum absolute atomic E-state index is 0.00469. The van der Waals surface area contributed by atoms with E-state index in [2.05, 4.69) is 20.5 Å². The number of hydrogen-bond donors (Lipinski definition) is 1. The number of anilines is 1. The van der Waals surface area contributed by atoms with Crippen LogP contribution in [0, 0.1) is 6.92 Å². The number of thioether (sulfide) groups is 1. The van der Waals surface area contributed by atoms with Gasteiger partial charge >= 0.3 is 0 Å². The Labute approximate surface area is 113 Å². The highest BCUT2D eigenvalue weighted by atomic mass is 32.2. The average molecular weight is 280 g/mol. The third-order valence-corrected chi connectivity index (χ3v) is 4.00. The first-order chi connectivity index (χ1) is 8.74. The van der Waals surface area contributed by atoms with E-state index in [1.54, 1.807) is 47.6 Å². The molecular formula is C11H12N4OS2. The van der Waals surface area contributed by atoms with Gasteiger partial charge in [0.1, 0.15) is 5.01 Å². The van der Waals surface area contributed by atoms with Gasteiger partial charge in [-0.3, -0.25) is 9.78 Å². The number of pyridine rings is 1. The van der Waals surface area contributed by atoms with Crippen molar-refractivity contribution in [1.82, 2.24) is 15.2 Å². The summed E-state index contributed by atoms with van der Waals surface area (Å²) >= 11 is 3.10. The Balaban J connectivity index is 1.72. The van der Waals surface area contributed by atoms with Crippen molar-refractivity contribution in [2.75, 3.05) is 11.1 Å². The van der Waals surface area contributed by atoms with Crippen LogP contribution in [0.15, 0.2) is 28.9 Å². The fourth-order valence-electron chi connectivity index (χ4n) is 1.23. The molecule has 1 amide bonds. The van der Waals surface area contributed by atoms with E-state index < -0.39 is 0 Å². The van der Waals surface area contributed by atoms with Gasteiger partial charge in [0.25, 0.3) is 0 Å². The molecule has 0 fully saturated rings. The molecule has 2 aromatic heterocycles. The molecule has 2 rings (SSSR count). The molecule has 0 aliphatic heterocycles. The molecule has 0 atom stereocenters. The highest BCUT2D eigenvalue weighted by Crippen LogP contribution is 2.22. The monoisotopic (exact) mass is 280 g/mol. The number of aryl methyl sites for hydroxylation is 1. The zero-order valence-corrected chi connectivity index (χ0v) is 11.4. The number of rotatable bonds is 5. The van der Waals surface area contributed by atoms with Crippen LogP contribution in [0.1, 0.15) is 11.4 Å². The molecule has 2 aromatic rings. The van der Waals surface area contributed by atoms with Crippen molar-refractivity contribution in [3.8, 4) is 0 Å². The van der Waals surface area contributed by atoms with Crippen molar-refractivity contribution in [2.24, 2.45) is 0 Å². The van der Waals surface area contributed by atoms with Crippen molar-refractivity contribution in [2.45, 2.75) is 17.7 Å².